The third-order valence-corrected chi connectivity index (χ3v) is 4.55. The van der Waals surface area contributed by atoms with Gasteiger partial charge < -0.3 is 10.6 Å². The quantitative estimate of drug-likeness (QED) is 0.897. The first kappa shape index (κ1) is 15.4. The summed E-state index contributed by atoms with van der Waals surface area (Å²) in [6, 6.07) is 7.91. The molecule has 2 rings (SSSR count). The molecule has 0 aliphatic carbocycles. The van der Waals surface area contributed by atoms with Gasteiger partial charge in [0.1, 0.15) is 0 Å². The maximum atomic E-state index is 5.93. The topological polar surface area (TPSA) is 29.3 Å². The van der Waals surface area contributed by atoms with Crippen molar-refractivity contribution in [2.75, 3.05) is 11.4 Å². The van der Waals surface area contributed by atoms with Gasteiger partial charge in [-0.3, -0.25) is 0 Å². The largest absolute Gasteiger partial charge is 0.369 e. The van der Waals surface area contributed by atoms with Crippen LogP contribution in [0.2, 0.25) is 0 Å². The second kappa shape index (κ2) is 7.12. The van der Waals surface area contributed by atoms with Crippen LogP contribution in [0.1, 0.15) is 57.1 Å². The van der Waals surface area contributed by atoms with Gasteiger partial charge in [0.2, 0.25) is 0 Å². The lowest BCUT2D eigenvalue weighted by molar-refractivity contribution is 0.556. The summed E-state index contributed by atoms with van der Waals surface area (Å²) in [6.45, 7) is 7.83. The number of anilines is 1. The lowest BCUT2D eigenvalue weighted by Crippen LogP contribution is -2.34. The van der Waals surface area contributed by atoms with E-state index in [0.29, 0.717) is 0 Å². The number of rotatable bonds is 4. The van der Waals surface area contributed by atoms with E-state index in [1.165, 1.54) is 55.5 Å². The molecule has 1 heterocycles. The highest BCUT2D eigenvalue weighted by molar-refractivity contribution is 5.52. The molecule has 0 spiro atoms. The molecule has 1 saturated heterocycles. The normalized spacial score (nSPS) is 21.6. The Morgan fingerprint density at radius 1 is 1.30 bits per heavy atom. The summed E-state index contributed by atoms with van der Waals surface area (Å²) >= 11 is 0. The first-order chi connectivity index (χ1) is 9.61. The minimum atomic E-state index is 0.237. The molecule has 112 valence electrons. The lowest BCUT2D eigenvalue weighted by atomic mass is 10.0. The molecule has 0 amide bonds. The Kier molecular flexibility index (Phi) is 5.47. The molecule has 1 aliphatic rings. The molecule has 0 aromatic heterocycles. The fourth-order valence-electron chi connectivity index (χ4n) is 3.38. The number of hydrogen-bond acceptors (Lipinski definition) is 2. The summed E-state index contributed by atoms with van der Waals surface area (Å²) in [6.07, 6.45) is 7.67. The van der Waals surface area contributed by atoms with E-state index < -0.39 is 0 Å². The minimum Gasteiger partial charge on any atom is -0.369 e. The average molecular weight is 274 g/mol. The third-order valence-electron chi connectivity index (χ3n) is 4.55. The molecular weight excluding hydrogens is 244 g/mol. The van der Waals surface area contributed by atoms with Gasteiger partial charge in [-0.2, -0.15) is 0 Å². The first-order valence-electron chi connectivity index (χ1n) is 8.23. The fourth-order valence-corrected chi connectivity index (χ4v) is 3.38. The van der Waals surface area contributed by atoms with E-state index in [0.717, 1.165) is 12.5 Å². The summed E-state index contributed by atoms with van der Waals surface area (Å²) in [5.41, 5.74) is 10.1. The van der Waals surface area contributed by atoms with E-state index in [2.05, 4.69) is 43.9 Å². The van der Waals surface area contributed by atoms with Crippen LogP contribution in [-0.4, -0.2) is 18.6 Å². The van der Waals surface area contributed by atoms with Gasteiger partial charge in [-0.25, -0.2) is 0 Å². The van der Waals surface area contributed by atoms with Crippen molar-refractivity contribution in [1.82, 2.24) is 0 Å². The van der Waals surface area contributed by atoms with Crippen LogP contribution < -0.4 is 10.6 Å². The lowest BCUT2D eigenvalue weighted by Gasteiger charge is -2.32. The molecule has 1 fully saturated rings. The third kappa shape index (κ3) is 3.76. The van der Waals surface area contributed by atoms with Gasteiger partial charge in [-0.1, -0.05) is 25.8 Å². The van der Waals surface area contributed by atoms with Crippen LogP contribution in [0.3, 0.4) is 0 Å². The van der Waals surface area contributed by atoms with Crippen molar-refractivity contribution in [1.29, 1.82) is 0 Å². The highest BCUT2D eigenvalue weighted by atomic mass is 15.2. The van der Waals surface area contributed by atoms with Crippen molar-refractivity contribution < 1.29 is 0 Å². The summed E-state index contributed by atoms with van der Waals surface area (Å²) in [5, 5.41) is 0. The molecule has 1 aliphatic heterocycles. The molecule has 0 bridgehead atoms. The molecule has 1 aromatic rings. The minimum absolute atomic E-state index is 0.237. The molecule has 20 heavy (non-hydrogen) atoms. The zero-order valence-corrected chi connectivity index (χ0v) is 13.4. The van der Waals surface area contributed by atoms with E-state index in [9.17, 15) is 0 Å². The zero-order chi connectivity index (χ0) is 14.5. The molecular formula is C18H30N2. The standard InChI is InChI=1S/C18H30N2/c1-4-17-8-6-5-7-11-20(17)18-10-9-16(13-15(3)19)14(2)12-18/h9-10,12,15,17H,4-8,11,13,19H2,1-3H3. The smallest absolute Gasteiger partial charge is 0.0371 e. The van der Waals surface area contributed by atoms with Crippen LogP contribution >= 0.6 is 0 Å². The van der Waals surface area contributed by atoms with Gasteiger partial charge in [0.15, 0.2) is 0 Å². The van der Waals surface area contributed by atoms with Crippen LogP contribution in [0, 0.1) is 6.92 Å². The van der Waals surface area contributed by atoms with Crippen LogP contribution in [0.5, 0.6) is 0 Å². The van der Waals surface area contributed by atoms with Crippen molar-refractivity contribution in [2.45, 2.75) is 71.4 Å². The van der Waals surface area contributed by atoms with Gasteiger partial charge in [-0.05, 0) is 62.8 Å². The number of aryl methyl sites for hydroxylation is 1. The summed E-state index contributed by atoms with van der Waals surface area (Å²) < 4.78 is 0. The Balaban J connectivity index is 2.20. The number of nitrogens with two attached hydrogens (primary N) is 1. The SMILES string of the molecule is CCC1CCCCCN1c1ccc(CC(C)N)c(C)c1. The Morgan fingerprint density at radius 3 is 2.75 bits per heavy atom. The van der Waals surface area contributed by atoms with E-state index in [1.54, 1.807) is 0 Å². The highest BCUT2D eigenvalue weighted by Crippen LogP contribution is 2.27. The summed E-state index contributed by atoms with van der Waals surface area (Å²) in [4.78, 5) is 2.63. The van der Waals surface area contributed by atoms with Crippen molar-refractivity contribution in [2.24, 2.45) is 5.73 Å². The molecule has 2 unspecified atom stereocenters. The van der Waals surface area contributed by atoms with Gasteiger partial charge in [0.05, 0.1) is 0 Å². The van der Waals surface area contributed by atoms with Crippen LogP contribution in [0.25, 0.3) is 0 Å². The van der Waals surface area contributed by atoms with E-state index in [4.69, 9.17) is 5.73 Å². The molecule has 0 saturated carbocycles. The van der Waals surface area contributed by atoms with E-state index in [-0.39, 0.29) is 6.04 Å². The van der Waals surface area contributed by atoms with Crippen LogP contribution in [0.15, 0.2) is 18.2 Å². The van der Waals surface area contributed by atoms with Crippen molar-refractivity contribution >= 4 is 5.69 Å². The van der Waals surface area contributed by atoms with Gasteiger partial charge in [-0.15, -0.1) is 0 Å². The second-order valence-corrected chi connectivity index (χ2v) is 6.40. The highest BCUT2D eigenvalue weighted by Gasteiger charge is 2.20. The number of benzene rings is 1. The molecule has 2 heteroatoms. The van der Waals surface area contributed by atoms with Gasteiger partial charge in [0.25, 0.3) is 0 Å². The van der Waals surface area contributed by atoms with Crippen molar-refractivity contribution in [3.05, 3.63) is 29.3 Å². The first-order valence-corrected chi connectivity index (χ1v) is 8.23. The zero-order valence-electron chi connectivity index (χ0n) is 13.4. The predicted octanol–water partition coefficient (Wildman–Crippen LogP) is 4.04. The maximum Gasteiger partial charge on any atom is 0.0371 e. The van der Waals surface area contributed by atoms with E-state index in [1.807, 2.05) is 0 Å². The average Bonchev–Trinajstić information content (AvgIpc) is 2.65. The van der Waals surface area contributed by atoms with E-state index >= 15 is 0 Å². The monoisotopic (exact) mass is 274 g/mol. The molecule has 2 N–H and O–H groups in total. The molecule has 2 atom stereocenters. The predicted molar refractivity (Wildman–Crippen MR) is 88.4 cm³/mol. The second-order valence-electron chi connectivity index (χ2n) is 6.40. The van der Waals surface area contributed by atoms with Crippen molar-refractivity contribution in [3.63, 3.8) is 0 Å². The van der Waals surface area contributed by atoms with Gasteiger partial charge >= 0.3 is 0 Å². The number of nitrogens with zero attached hydrogens (tertiary/aromatic N) is 1. The van der Waals surface area contributed by atoms with Gasteiger partial charge in [0, 0.05) is 24.3 Å². The fraction of sp³-hybridized carbons (Fsp3) is 0.667. The maximum absolute atomic E-state index is 5.93. The molecule has 2 nitrogen and oxygen atoms in total. The van der Waals surface area contributed by atoms with Crippen LogP contribution in [-0.2, 0) is 6.42 Å². The van der Waals surface area contributed by atoms with Crippen LogP contribution in [0.4, 0.5) is 5.69 Å². The number of hydrogen-bond donors (Lipinski definition) is 1. The Hall–Kier alpha value is -1.02. The molecule has 0 radical (unpaired) electrons. The summed E-state index contributed by atoms with van der Waals surface area (Å²) in [7, 11) is 0. The Labute approximate surface area is 124 Å². The van der Waals surface area contributed by atoms with Crippen molar-refractivity contribution in [3.8, 4) is 0 Å². The Bertz CT molecular complexity index is 425. The Morgan fingerprint density at radius 2 is 2.10 bits per heavy atom. The molecule has 1 aromatic carbocycles. The summed E-state index contributed by atoms with van der Waals surface area (Å²) in [5.74, 6) is 0.